The fourth-order valence-electron chi connectivity index (χ4n) is 3.64. The molecule has 0 saturated heterocycles. The minimum Gasteiger partial charge on any atom is -0.465 e. The van der Waals surface area contributed by atoms with Gasteiger partial charge in [0, 0.05) is 5.56 Å². The number of nitrogen functional groups attached to an aromatic ring is 1. The van der Waals surface area contributed by atoms with Crippen LogP contribution in [-0.4, -0.2) is 36.1 Å². The summed E-state index contributed by atoms with van der Waals surface area (Å²) in [4.78, 5) is 33.8. The van der Waals surface area contributed by atoms with Crippen LogP contribution in [0.15, 0.2) is 54.6 Å². The summed E-state index contributed by atoms with van der Waals surface area (Å²) in [5.74, 6) is -1.36. The number of esters is 2. The Morgan fingerprint density at radius 3 is 2.20 bits per heavy atom. The monoisotopic (exact) mass is 468 g/mol. The third kappa shape index (κ3) is 4.20. The summed E-state index contributed by atoms with van der Waals surface area (Å²) in [6.45, 7) is 1.93. The number of hydrogen-bond acceptors (Lipinski definition) is 9. The first-order chi connectivity index (χ1) is 16.9. The first-order valence-electron chi connectivity index (χ1n) is 10.4. The third-order valence-corrected chi connectivity index (χ3v) is 5.32. The van der Waals surface area contributed by atoms with Crippen LogP contribution in [-0.2, 0) is 9.47 Å². The van der Waals surface area contributed by atoms with Gasteiger partial charge in [0.2, 0.25) is 5.88 Å². The summed E-state index contributed by atoms with van der Waals surface area (Å²) in [6, 6.07) is 18.3. The Balaban J connectivity index is 2.16. The number of nitrogens with two attached hydrogens (primary N) is 1. The van der Waals surface area contributed by atoms with Crippen molar-refractivity contribution in [2.75, 3.05) is 20.0 Å². The second-order valence-electron chi connectivity index (χ2n) is 7.49. The maximum Gasteiger partial charge on any atom is 0.357 e. The van der Waals surface area contributed by atoms with Crippen molar-refractivity contribution >= 4 is 28.7 Å². The van der Waals surface area contributed by atoms with E-state index in [-0.39, 0.29) is 39.4 Å². The van der Waals surface area contributed by atoms with Gasteiger partial charge in [0.25, 0.3) is 0 Å². The molecule has 0 fully saturated rings. The molecule has 2 aromatic carbocycles. The number of carbonyl (C=O) groups is 2. The van der Waals surface area contributed by atoms with E-state index in [9.17, 15) is 14.9 Å². The van der Waals surface area contributed by atoms with Gasteiger partial charge in [-0.15, -0.1) is 0 Å². The van der Waals surface area contributed by atoms with Crippen molar-refractivity contribution in [2.45, 2.75) is 6.92 Å². The zero-order valence-corrected chi connectivity index (χ0v) is 19.2. The minimum absolute atomic E-state index is 0.00365. The number of nitrogens with zero attached hydrogens (tertiary/aromatic N) is 3. The molecule has 0 aliphatic rings. The molecule has 0 aliphatic heterocycles. The molecule has 9 nitrogen and oxygen atoms in total. The van der Waals surface area contributed by atoms with Crippen molar-refractivity contribution in [2.24, 2.45) is 0 Å². The number of para-hydroxylation sites is 1. The molecule has 0 atom stereocenters. The molecule has 35 heavy (non-hydrogen) atoms. The summed E-state index contributed by atoms with van der Waals surface area (Å²) in [5, 5.41) is 10.4. The Kier molecular flexibility index (Phi) is 6.29. The molecule has 0 bridgehead atoms. The molecule has 2 aromatic heterocycles. The summed E-state index contributed by atoms with van der Waals surface area (Å²) in [6.07, 6.45) is 0. The van der Waals surface area contributed by atoms with Gasteiger partial charge in [-0.2, -0.15) is 10.2 Å². The third-order valence-electron chi connectivity index (χ3n) is 5.32. The highest BCUT2D eigenvalue weighted by atomic mass is 16.5. The van der Waals surface area contributed by atoms with Crippen LogP contribution in [0.2, 0.25) is 0 Å². The first kappa shape index (κ1) is 23.2. The summed E-state index contributed by atoms with van der Waals surface area (Å²) in [7, 11) is 2.31. The number of methoxy groups -OCH3 is 2. The van der Waals surface area contributed by atoms with Gasteiger partial charge in [0.15, 0.2) is 11.3 Å². The van der Waals surface area contributed by atoms with Gasteiger partial charge in [-0.25, -0.2) is 14.6 Å². The minimum atomic E-state index is -0.896. The Labute approximate surface area is 200 Å². The largest absolute Gasteiger partial charge is 0.465 e. The number of anilines is 1. The number of pyridine rings is 2. The van der Waals surface area contributed by atoms with Crippen LogP contribution in [0, 0.1) is 18.3 Å². The zero-order chi connectivity index (χ0) is 25.1. The van der Waals surface area contributed by atoms with Crippen LogP contribution < -0.4 is 10.5 Å². The lowest BCUT2D eigenvalue weighted by atomic mass is 9.94. The van der Waals surface area contributed by atoms with Crippen LogP contribution >= 0.6 is 0 Å². The molecule has 4 aromatic rings. The van der Waals surface area contributed by atoms with Crippen LogP contribution in [0.3, 0.4) is 0 Å². The highest BCUT2D eigenvalue weighted by Crippen LogP contribution is 2.41. The first-order valence-corrected chi connectivity index (χ1v) is 10.4. The average molecular weight is 468 g/mol. The summed E-state index contributed by atoms with van der Waals surface area (Å²) in [5.41, 5.74) is 7.75. The number of aryl methyl sites for hydroxylation is 1. The molecular formula is C26H20N4O5. The van der Waals surface area contributed by atoms with E-state index in [2.05, 4.69) is 16.0 Å². The fraction of sp³-hybridized carbons (Fsp3) is 0.115. The number of fused-ring (bicyclic) bond motifs is 1. The van der Waals surface area contributed by atoms with E-state index in [0.717, 1.165) is 19.8 Å². The second-order valence-corrected chi connectivity index (χ2v) is 7.49. The number of hydrogen-bond donors (Lipinski definition) is 1. The predicted octanol–water partition coefficient (Wildman–Crippen LogP) is 4.42. The number of nitriles is 1. The maximum absolute atomic E-state index is 12.6. The lowest BCUT2D eigenvalue weighted by Gasteiger charge is -2.17. The van der Waals surface area contributed by atoms with E-state index >= 15 is 0 Å². The predicted molar refractivity (Wildman–Crippen MR) is 128 cm³/mol. The smallest absolute Gasteiger partial charge is 0.357 e. The SMILES string of the molecule is COC(=O)c1nc2nc(Oc3ccccc3)c(C#N)c(-c3ccc(C)cc3)c2c(N)c1C(=O)OC. The van der Waals surface area contributed by atoms with Gasteiger partial charge in [0.05, 0.1) is 25.3 Å². The van der Waals surface area contributed by atoms with E-state index < -0.39 is 11.9 Å². The number of benzene rings is 2. The second kappa shape index (κ2) is 9.49. The van der Waals surface area contributed by atoms with Crippen molar-refractivity contribution < 1.29 is 23.8 Å². The standard InChI is InChI=1S/C26H20N4O5/c1-14-9-11-15(12-10-14)18-17(13-27)24(35-16-7-5-4-6-8-16)30-23-19(18)21(28)20(25(31)33-2)22(29-23)26(32)34-3/h4-12H,1-3H3,(H2,28,29,30). The average Bonchev–Trinajstić information content (AvgIpc) is 2.88. The fourth-order valence-corrected chi connectivity index (χ4v) is 3.64. The molecule has 0 amide bonds. The van der Waals surface area contributed by atoms with Gasteiger partial charge >= 0.3 is 11.9 Å². The van der Waals surface area contributed by atoms with Gasteiger partial charge in [0.1, 0.15) is 22.9 Å². The van der Waals surface area contributed by atoms with Gasteiger partial charge < -0.3 is 19.9 Å². The van der Waals surface area contributed by atoms with E-state index in [1.54, 1.807) is 24.3 Å². The summed E-state index contributed by atoms with van der Waals surface area (Å²) >= 11 is 0. The number of carbonyl (C=O) groups excluding carboxylic acids is 2. The quantitative estimate of drug-likeness (QED) is 0.422. The molecule has 0 radical (unpaired) electrons. The summed E-state index contributed by atoms with van der Waals surface area (Å²) < 4.78 is 15.6. The van der Waals surface area contributed by atoms with Crippen molar-refractivity contribution in [3.05, 3.63) is 77.0 Å². The normalized spacial score (nSPS) is 10.5. The Bertz CT molecular complexity index is 1490. The van der Waals surface area contributed by atoms with Gasteiger partial charge in [-0.1, -0.05) is 48.0 Å². The molecule has 2 N–H and O–H groups in total. The Hall–Kier alpha value is -4.97. The topological polar surface area (TPSA) is 137 Å². The molecule has 2 heterocycles. The molecule has 0 unspecified atom stereocenters. The molecule has 174 valence electrons. The van der Waals surface area contributed by atoms with E-state index in [4.69, 9.17) is 19.9 Å². The van der Waals surface area contributed by atoms with E-state index in [1.165, 1.54) is 0 Å². The van der Waals surface area contributed by atoms with Gasteiger partial charge in [-0.05, 0) is 24.6 Å². The molecule has 0 aliphatic carbocycles. The van der Waals surface area contributed by atoms with Crippen molar-refractivity contribution in [3.63, 3.8) is 0 Å². The van der Waals surface area contributed by atoms with Crippen LogP contribution in [0.25, 0.3) is 22.2 Å². The molecule has 4 rings (SSSR count). The van der Waals surface area contributed by atoms with Crippen LogP contribution in [0.5, 0.6) is 11.6 Å². The lowest BCUT2D eigenvalue weighted by Crippen LogP contribution is -2.18. The maximum atomic E-state index is 12.6. The van der Waals surface area contributed by atoms with Crippen LogP contribution in [0.1, 0.15) is 32.0 Å². The molecular weight excluding hydrogens is 448 g/mol. The van der Waals surface area contributed by atoms with E-state index in [0.29, 0.717) is 16.9 Å². The molecule has 9 heteroatoms. The van der Waals surface area contributed by atoms with Crippen molar-refractivity contribution in [1.82, 2.24) is 9.97 Å². The molecule has 0 saturated carbocycles. The molecule has 0 spiro atoms. The number of ether oxygens (including phenoxy) is 3. The highest BCUT2D eigenvalue weighted by molar-refractivity contribution is 6.15. The van der Waals surface area contributed by atoms with Gasteiger partial charge in [-0.3, -0.25) is 0 Å². The van der Waals surface area contributed by atoms with Crippen molar-refractivity contribution in [3.8, 4) is 28.8 Å². The Morgan fingerprint density at radius 2 is 1.60 bits per heavy atom. The lowest BCUT2D eigenvalue weighted by molar-refractivity contribution is 0.0551. The van der Waals surface area contributed by atoms with E-state index in [1.807, 2.05) is 37.3 Å². The Morgan fingerprint density at radius 1 is 0.943 bits per heavy atom. The zero-order valence-electron chi connectivity index (χ0n) is 19.2. The highest BCUT2D eigenvalue weighted by Gasteiger charge is 2.30. The number of rotatable bonds is 5. The van der Waals surface area contributed by atoms with Crippen molar-refractivity contribution in [1.29, 1.82) is 5.26 Å². The number of aromatic nitrogens is 2. The van der Waals surface area contributed by atoms with Crippen LogP contribution in [0.4, 0.5) is 5.69 Å².